The number of sulfonamides is 1. The number of aromatic hydroxyl groups is 1. The first kappa shape index (κ1) is 24.2. The molecule has 0 amide bonds. The molecule has 0 heterocycles. The van der Waals surface area contributed by atoms with Crippen LogP contribution in [0.25, 0.3) is 0 Å². The predicted octanol–water partition coefficient (Wildman–Crippen LogP) is 3.67. The molecule has 0 aliphatic carbocycles. The van der Waals surface area contributed by atoms with Crippen molar-refractivity contribution in [2.24, 2.45) is 0 Å². The Morgan fingerprint density at radius 1 is 1.06 bits per heavy atom. The number of Topliss-reactive ketones (excluding diaryl/α,β-unsaturated/α-hetero) is 1. The molecule has 7 nitrogen and oxygen atoms in total. The molecule has 168 valence electrons. The number of anilines is 1. The molecule has 2 aromatic rings. The first-order valence-electron chi connectivity index (χ1n) is 8.96. The lowest BCUT2D eigenvalue weighted by atomic mass is 9.93. The van der Waals surface area contributed by atoms with Crippen LogP contribution in [0.3, 0.4) is 0 Å². The van der Waals surface area contributed by atoms with Crippen LogP contribution in [0.15, 0.2) is 47.4 Å². The highest BCUT2D eigenvalue weighted by atomic mass is 32.2. The number of phenolic OH excluding ortho intramolecular Hbond substituents is 1. The maximum absolute atomic E-state index is 13.1. The van der Waals surface area contributed by atoms with Crippen LogP contribution >= 0.6 is 0 Å². The van der Waals surface area contributed by atoms with Gasteiger partial charge in [-0.05, 0) is 51.1 Å². The third-order valence-electron chi connectivity index (χ3n) is 4.05. The highest BCUT2D eigenvalue weighted by molar-refractivity contribution is 7.92. The van der Waals surface area contributed by atoms with E-state index in [0.29, 0.717) is 0 Å². The minimum Gasteiger partial charge on any atom is -0.508 e. The van der Waals surface area contributed by atoms with Crippen molar-refractivity contribution in [2.75, 3.05) is 4.72 Å². The minimum atomic E-state index is -5.40. The summed E-state index contributed by atoms with van der Waals surface area (Å²) in [6.07, 6.45) is -6.23. The van der Waals surface area contributed by atoms with Crippen LogP contribution in [0.5, 0.6) is 5.75 Å². The fourth-order valence-corrected chi connectivity index (χ4v) is 3.67. The molecule has 0 saturated heterocycles. The van der Waals surface area contributed by atoms with E-state index < -0.39 is 51.3 Å². The van der Waals surface area contributed by atoms with E-state index in [1.807, 2.05) is 0 Å². The molecule has 0 aliphatic heterocycles. The molecular formula is C20H20F3NO6S. The molecule has 0 radical (unpaired) electrons. The Hall–Kier alpha value is -3.08. The molecular weight excluding hydrogens is 439 g/mol. The third-order valence-corrected chi connectivity index (χ3v) is 5.45. The molecule has 2 rings (SSSR count). The SMILES string of the molecule is Cc1ccc(S(=O)(=O)Nc2ccc(O)c([C@H](C(=O)OC(C)C)C(=O)C(F)(F)F)c2)cc1. The van der Waals surface area contributed by atoms with Crippen LogP contribution in [0.4, 0.5) is 18.9 Å². The van der Waals surface area contributed by atoms with Crippen LogP contribution in [-0.2, 0) is 24.3 Å². The molecule has 1 atom stereocenters. The number of halogens is 3. The molecule has 0 fully saturated rings. The summed E-state index contributed by atoms with van der Waals surface area (Å²) >= 11 is 0. The standard InChI is InChI=1S/C20H20F3NO6S/c1-11(2)30-19(27)17(18(26)20(21,22)23)15-10-13(6-9-16(15)25)24-31(28,29)14-7-4-12(3)5-8-14/h4-11,17,24-25H,1-3H3/t17-/m0/s1. The van der Waals surface area contributed by atoms with Crippen molar-refractivity contribution in [1.29, 1.82) is 0 Å². The van der Waals surface area contributed by atoms with Gasteiger partial charge in [-0.25, -0.2) is 8.42 Å². The van der Waals surface area contributed by atoms with Gasteiger partial charge in [0, 0.05) is 11.3 Å². The number of hydrogen-bond acceptors (Lipinski definition) is 6. The number of benzene rings is 2. The van der Waals surface area contributed by atoms with E-state index in [9.17, 15) is 36.3 Å². The van der Waals surface area contributed by atoms with Crippen LogP contribution in [-0.4, -0.2) is 37.6 Å². The first-order valence-corrected chi connectivity index (χ1v) is 10.4. The molecule has 0 aromatic heterocycles. The van der Waals surface area contributed by atoms with Crippen molar-refractivity contribution in [3.63, 3.8) is 0 Å². The molecule has 0 bridgehead atoms. The number of ketones is 1. The summed E-state index contributed by atoms with van der Waals surface area (Å²) in [7, 11) is -4.13. The maximum Gasteiger partial charge on any atom is 0.451 e. The van der Waals surface area contributed by atoms with E-state index in [-0.39, 0.29) is 10.6 Å². The van der Waals surface area contributed by atoms with E-state index in [1.54, 1.807) is 19.1 Å². The van der Waals surface area contributed by atoms with Crippen molar-refractivity contribution in [3.05, 3.63) is 53.6 Å². The monoisotopic (exact) mass is 459 g/mol. The van der Waals surface area contributed by atoms with Gasteiger partial charge in [-0.15, -0.1) is 0 Å². The van der Waals surface area contributed by atoms with Gasteiger partial charge < -0.3 is 9.84 Å². The molecule has 11 heteroatoms. The zero-order chi connectivity index (χ0) is 23.6. The molecule has 2 aromatic carbocycles. The van der Waals surface area contributed by atoms with Crippen molar-refractivity contribution < 1.29 is 41.0 Å². The zero-order valence-electron chi connectivity index (χ0n) is 16.7. The Morgan fingerprint density at radius 3 is 2.16 bits per heavy atom. The molecule has 31 heavy (non-hydrogen) atoms. The number of carbonyl (C=O) groups is 2. The summed E-state index contributed by atoms with van der Waals surface area (Å²) in [5, 5.41) is 10.0. The van der Waals surface area contributed by atoms with Crippen molar-refractivity contribution in [1.82, 2.24) is 0 Å². The van der Waals surface area contributed by atoms with Gasteiger partial charge in [-0.2, -0.15) is 13.2 Å². The van der Waals surface area contributed by atoms with Crippen LogP contribution in [0.2, 0.25) is 0 Å². The second-order valence-electron chi connectivity index (χ2n) is 6.97. The molecule has 2 N–H and O–H groups in total. The summed E-state index contributed by atoms with van der Waals surface area (Å²) in [6, 6.07) is 8.50. The number of nitrogens with one attached hydrogen (secondary N) is 1. The minimum absolute atomic E-state index is 0.116. The Morgan fingerprint density at radius 2 is 1.65 bits per heavy atom. The number of aryl methyl sites for hydroxylation is 1. The van der Waals surface area contributed by atoms with Gasteiger partial charge in [0.1, 0.15) is 5.75 Å². The topological polar surface area (TPSA) is 110 Å². The fourth-order valence-electron chi connectivity index (χ4n) is 2.62. The van der Waals surface area contributed by atoms with E-state index in [4.69, 9.17) is 4.74 Å². The zero-order valence-corrected chi connectivity index (χ0v) is 17.5. The summed E-state index contributed by atoms with van der Waals surface area (Å²) in [5.41, 5.74) is -0.189. The van der Waals surface area contributed by atoms with E-state index in [2.05, 4.69) is 4.72 Å². The van der Waals surface area contributed by atoms with Gasteiger partial charge in [0.15, 0.2) is 5.92 Å². The molecule has 0 unspecified atom stereocenters. The number of hydrogen-bond donors (Lipinski definition) is 2. The Bertz CT molecular complexity index is 1080. The smallest absolute Gasteiger partial charge is 0.451 e. The van der Waals surface area contributed by atoms with Gasteiger partial charge in [-0.3, -0.25) is 14.3 Å². The highest BCUT2D eigenvalue weighted by Crippen LogP contribution is 2.35. The second-order valence-corrected chi connectivity index (χ2v) is 8.66. The lowest BCUT2D eigenvalue weighted by molar-refractivity contribution is -0.178. The summed E-state index contributed by atoms with van der Waals surface area (Å²) in [6.45, 7) is 4.50. The average Bonchev–Trinajstić information content (AvgIpc) is 2.63. The van der Waals surface area contributed by atoms with Crippen LogP contribution < -0.4 is 4.72 Å². The number of ether oxygens (including phenoxy) is 1. The number of alkyl halides is 3. The van der Waals surface area contributed by atoms with Gasteiger partial charge in [-0.1, -0.05) is 17.7 Å². The number of carbonyl (C=O) groups excluding carboxylic acids is 2. The van der Waals surface area contributed by atoms with E-state index >= 15 is 0 Å². The second kappa shape index (κ2) is 8.96. The molecule has 0 aliphatic rings. The first-order chi connectivity index (χ1) is 14.2. The van der Waals surface area contributed by atoms with Crippen LogP contribution in [0, 0.1) is 6.92 Å². The number of rotatable bonds is 7. The van der Waals surface area contributed by atoms with Crippen molar-refractivity contribution in [3.8, 4) is 5.75 Å². The van der Waals surface area contributed by atoms with E-state index in [1.165, 1.54) is 26.0 Å². The van der Waals surface area contributed by atoms with Gasteiger partial charge >= 0.3 is 12.1 Å². The van der Waals surface area contributed by atoms with Crippen LogP contribution in [0.1, 0.15) is 30.9 Å². The third kappa shape index (κ3) is 5.97. The quantitative estimate of drug-likeness (QED) is 0.372. The summed E-state index contributed by atoms with van der Waals surface area (Å²) in [4.78, 5) is 24.1. The maximum atomic E-state index is 13.1. The lowest BCUT2D eigenvalue weighted by Gasteiger charge is -2.20. The van der Waals surface area contributed by atoms with Crippen molar-refractivity contribution in [2.45, 2.75) is 43.9 Å². The number of phenols is 1. The Labute approximate surface area is 176 Å². The Kier molecular flexibility index (Phi) is 6.99. The Balaban J connectivity index is 2.49. The largest absolute Gasteiger partial charge is 0.508 e. The average molecular weight is 459 g/mol. The summed E-state index contributed by atoms with van der Waals surface area (Å²) in [5.74, 6) is -7.30. The fraction of sp³-hybridized carbons (Fsp3) is 0.300. The predicted molar refractivity (Wildman–Crippen MR) is 105 cm³/mol. The van der Waals surface area contributed by atoms with Crippen molar-refractivity contribution >= 4 is 27.5 Å². The van der Waals surface area contributed by atoms with Gasteiger partial charge in [0.05, 0.1) is 11.0 Å². The normalized spacial score (nSPS) is 13.0. The number of esters is 1. The van der Waals surface area contributed by atoms with Gasteiger partial charge in [0.25, 0.3) is 15.8 Å². The van der Waals surface area contributed by atoms with E-state index in [0.717, 1.165) is 23.8 Å². The molecule has 0 spiro atoms. The highest BCUT2D eigenvalue weighted by Gasteiger charge is 2.48. The molecule has 0 saturated carbocycles. The lowest BCUT2D eigenvalue weighted by Crippen LogP contribution is -2.35. The van der Waals surface area contributed by atoms with Gasteiger partial charge in [0.2, 0.25) is 0 Å². The summed E-state index contributed by atoms with van der Waals surface area (Å²) < 4.78 is 71.2.